The lowest BCUT2D eigenvalue weighted by Gasteiger charge is -2.13. The van der Waals surface area contributed by atoms with Gasteiger partial charge in [-0.2, -0.15) is 21.6 Å². The second-order valence-electron chi connectivity index (χ2n) is 3.28. The van der Waals surface area contributed by atoms with Gasteiger partial charge in [0.1, 0.15) is 5.75 Å². The Hall–Kier alpha value is -0.950. The third-order valence-corrected chi connectivity index (χ3v) is 3.53. The summed E-state index contributed by atoms with van der Waals surface area (Å²) in [5, 5.41) is 0.319. The van der Waals surface area contributed by atoms with E-state index in [1.165, 1.54) is 13.0 Å². The highest BCUT2D eigenvalue weighted by atomic mass is 35.5. The first-order valence-corrected chi connectivity index (χ1v) is 6.11. The van der Waals surface area contributed by atoms with Crippen LogP contribution in [0, 0.1) is 13.8 Å². The predicted octanol–water partition coefficient (Wildman–Crippen LogP) is 3.19. The summed E-state index contributed by atoms with van der Waals surface area (Å²) in [4.78, 5) is 0. The zero-order valence-corrected chi connectivity index (χ0v) is 10.4. The van der Waals surface area contributed by atoms with Crippen molar-refractivity contribution in [1.29, 1.82) is 0 Å². The Labute approximate surface area is 101 Å². The Morgan fingerprint density at radius 3 is 2.18 bits per heavy atom. The van der Waals surface area contributed by atoms with Crippen molar-refractivity contribution in [2.75, 3.05) is 0 Å². The summed E-state index contributed by atoms with van der Waals surface area (Å²) in [7, 11) is -5.65. The molecule has 1 rings (SSSR count). The molecule has 0 aliphatic carbocycles. The van der Waals surface area contributed by atoms with Crippen LogP contribution in [-0.2, 0) is 10.1 Å². The van der Waals surface area contributed by atoms with E-state index in [0.717, 1.165) is 6.07 Å². The van der Waals surface area contributed by atoms with Gasteiger partial charge in [0.25, 0.3) is 0 Å². The van der Waals surface area contributed by atoms with Crippen molar-refractivity contribution in [3.63, 3.8) is 0 Å². The largest absolute Gasteiger partial charge is 0.534 e. The molecule has 0 saturated carbocycles. The highest BCUT2D eigenvalue weighted by Gasteiger charge is 2.48. The molecule has 1 aromatic carbocycles. The van der Waals surface area contributed by atoms with E-state index in [9.17, 15) is 21.6 Å². The fourth-order valence-corrected chi connectivity index (χ4v) is 1.73. The van der Waals surface area contributed by atoms with Crippen LogP contribution >= 0.6 is 11.6 Å². The van der Waals surface area contributed by atoms with Crippen LogP contribution in [0.25, 0.3) is 0 Å². The predicted molar refractivity (Wildman–Crippen MR) is 56.5 cm³/mol. The molecule has 0 aromatic heterocycles. The second-order valence-corrected chi connectivity index (χ2v) is 5.22. The van der Waals surface area contributed by atoms with Gasteiger partial charge in [0.2, 0.25) is 0 Å². The molecule has 0 bridgehead atoms. The van der Waals surface area contributed by atoms with Gasteiger partial charge >= 0.3 is 15.6 Å². The number of benzene rings is 1. The fraction of sp³-hybridized carbons (Fsp3) is 0.333. The van der Waals surface area contributed by atoms with E-state index >= 15 is 0 Å². The van der Waals surface area contributed by atoms with Gasteiger partial charge in [-0.3, -0.25) is 0 Å². The number of alkyl halides is 3. The summed E-state index contributed by atoms with van der Waals surface area (Å²) in [6.45, 7) is 2.97. The van der Waals surface area contributed by atoms with Crippen molar-refractivity contribution in [3.8, 4) is 5.75 Å². The molecular formula is C9H8ClF3O3S. The van der Waals surface area contributed by atoms with Crippen molar-refractivity contribution < 1.29 is 25.8 Å². The molecule has 96 valence electrons. The standard InChI is InChI=1S/C9H8ClF3O3S/c1-5-6(2)8(4-3-7(5)10)16-17(14,15)9(11,12)13/h3-4H,1-2H3. The molecule has 0 aliphatic rings. The van der Waals surface area contributed by atoms with Crippen LogP contribution in [0.3, 0.4) is 0 Å². The number of hydrogen-bond donors (Lipinski definition) is 0. The summed E-state index contributed by atoms with van der Waals surface area (Å²) in [6.07, 6.45) is 0. The third-order valence-electron chi connectivity index (χ3n) is 2.15. The Kier molecular flexibility index (Phi) is 3.63. The van der Waals surface area contributed by atoms with Crippen LogP contribution in [0.1, 0.15) is 11.1 Å². The van der Waals surface area contributed by atoms with E-state index in [0.29, 0.717) is 10.6 Å². The first kappa shape index (κ1) is 14.1. The van der Waals surface area contributed by atoms with Crippen molar-refractivity contribution in [1.82, 2.24) is 0 Å². The lowest BCUT2D eigenvalue weighted by atomic mass is 10.1. The van der Waals surface area contributed by atoms with Gasteiger partial charge in [0.05, 0.1) is 0 Å². The molecule has 0 N–H and O–H groups in total. The highest BCUT2D eigenvalue weighted by molar-refractivity contribution is 7.88. The third kappa shape index (κ3) is 2.84. The Bertz CT molecular complexity index is 537. The minimum atomic E-state index is -5.65. The van der Waals surface area contributed by atoms with E-state index in [4.69, 9.17) is 11.6 Å². The number of hydrogen-bond acceptors (Lipinski definition) is 3. The van der Waals surface area contributed by atoms with Gasteiger partial charge in [-0.1, -0.05) is 11.6 Å². The molecule has 17 heavy (non-hydrogen) atoms. The molecule has 3 nitrogen and oxygen atoms in total. The molecular weight excluding hydrogens is 281 g/mol. The van der Waals surface area contributed by atoms with E-state index in [2.05, 4.69) is 4.18 Å². The van der Waals surface area contributed by atoms with Gasteiger partial charge in [-0.25, -0.2) is 0 Å². The summed E-state index contributed by atoms with van der Waals surface area (Å²) >= 11 is 5.72. The molecule has 0 amide bonds. The maximum atomic E-state index is 12.1. The minimum Gasteiger partial charge on any atom is -0.376 e. The zero-order chi connectivity index (χ0) is 13.4. The quantitative estimate of drug-likeness (QED) is 0.620. The van der Waals surface area contributed by atoms with Gasteiger partial charge in [0, 0.05) is 5.02 Å². The first-order chi connectivity index (χ1) is 7.56. The average molecular weight is 289 g/mol. The Morgan fingerprint density at radius 1 is 1.18 bits per heavy atom. The summed E-state index contributed by atoms with van der Waals surface area (Å²) in [5.74, 6) is -0.385. The minimum absolute atomic E-state index is 0.241. The van der Waals surface area contributed by atoms with Gasteiger partial charge in [-0.05, 0) is 37.1 Å². The lowest BCUT2D eigenvalue weighted by Crippen LogP contribution is -2.28. The molecule has 0 atom stereocenters. The molecule has 1 aromatic rings. The van der Waals surface area contributed by atoms with Crippen molar-refractivity contribution in [2.24, 2.45) is 0 Å². The number of halogens is 4. The van der Waals surface area contributed by atoms with Crippen molar-refractivity contribution >= 4 is 21.7 Å². The maximum absolute atomic E-state index is 12.1. The smallest absolute Gasteiger partial charge is 0.376 e. The van der Waals surface area contributed by atoms with Gasteiger partial charge in [0.15, 0.2) is 0 Å². The molecule has 0 fully saturated rings. The van der Waals surface area contributed by atoms with Crippen LogP contribution in [-0.4, -0.2) is 13.9 Å². The van der Waals surface area contributed by atoms with E-state index in [-0.39, 0.29) is 11.3 Å². The van der Waals surface area contributed by atoms with E-state index in [1.807, 2.05) is 0 Å². The summed E-state index contributed by atoms with van der Waals surface area (Å²) in [5.41, 5.74) is -4.75. The first-order valence-electron chi connectivity index (χ1n) is 4.32. The van der Waals surface area contributed by atoms with Crippen molar-refractivity contribution in [3.05, 3.63) is 28.3 Å². The Morgan fingerprint density at radius 2 is 1.71 bits per heavy atom. The molecule has 0 unspecified atom stereocenters. The SMILES string of the molecule is Cc1c(Cl)ccc(OS(=O)(=O)C(F)(F)F)c1C. The van der Waals surface area contributed by atoms with Crippen LogP contribution in [0.4, 0.5) is 13.2 Å². The van der Waals surface area contributed by atoms with Gasteiger partial charge < -0.3 is 4.18 Å². The number of rotatable bonds is 2. The summed E-state index contributed by atoms with van der Waals surface area (Å²) in [6, 6.07) is 2.35. The summed E-state index contributed by atoms with van der Waals surface area (Å²) < 4.78 is 61.9. The fourth-order valence-electron chi connectivity index (χ4n) is 1.02. The van der Waals surface area contributed by atoms with E-state index < -0.39 is 15.6 Å². The Balaban J connectivity index is 3.19. The molecule has 0 saturated heterocycles. The lowest BCUT2D eigenvalue weighted by molar-refractivity contribution is -0.0500. The van der Waals surface area contributed by atoms with Crippen LogP contribution in [0.15, 0.2) is 12.1 Å². The highest BCUT2D eigenvalue weighted by Crippen LogP contribution is 2.32. The normalized spacial score (nSPS) is 12.6. The topological polar surface area (TPSA) is 43.4 Å². The second kappa shape index (κ2) is 4.38. The molecule has 0 spiro atoms. The average Bonchev–Trinajstić information content (AvgIpc) is 2.17. The molecule has 0 heterocycles. The van der Waals surface area contributed by atoms with Crippen LogP contribution < -0.4 is 4.18 Å². The van der Waals surface area contributed by atoms with Crippen molar-refractivity contribution in [2.45, 2.75) is 19.4 Å². The van der Waals surface area contributed by atoms with E-state index in [1.54, 1.807) is 6.92 Å². The maximum Gasteiger partial charge on any atom is 0.534 e. The van der Waals surface area contributed by atoms with Crippen LogP contribution in [0.2, 0.25) is 5.02 Å². The molecule has 0 radical (unpaired) electrons. The van der Waals surface area contributed by atoms with Gasteiger partial charge in [-0.15, -0.1) is 0 Å². The van der Waals surface area contributed by atoms with Crippen LogP contribution in [0.5, 0.6) is 5.75 Å². The molecule has 8 heteroatoms. The molecule has 0 aliphatic heterocycles. The zero-order valence-electron chi connectivity index (χ0n) is 8.80. The monoisotopic (exact) mass is 288 g/mol.